The van der Waals surface area contributed by atoms with E-state index in [9.17, 15) is 22.0 Å². The van der Waals surface area contributed by atoms with E-state index in [1.165, 1.54) is 6.92 Å². The van der Waals surface area contributed by atoms with E-state index in [1.54, 1.807) is 6.92 Å². The zero-order chi connectivity index (χ0) is 14.6. The van der Waals surface area contributed by atoms with Crippen LogP contribution in [0.5, 0.6) is 0 Å². The van der Waals surface area contributed by atoms with Crippen LogP contribution < -0.4 is 10.0 Å². The molecule has 1 aromatic carbocycles. The molecule has 0 heterocycles. The van der Waals surface area contributed by atoms with Crippen molar-refractivity contribution in [1.82, 2.24) is 10.0 Å². The number of nitrogens with one attached hydrogen (secondary N) is 2. The van der Waals surface area contributed by atoms with Gasteiger partial charge >= 0.3 is 0 Å². The van der Waals surface area contributed by atoms with Crippen LogP contribution in [0, 0.1) is 11.6 Å². The molecule has 0 aromatic heterocycles. The van der Waals surface area contributed by atoms with E-state index >= 15 is 0 Å². The molecule has 1 rings (SSSR count). The number of hydrogen-bond donors (Lipinski definition) is 2. The van der Waals surface area contributed by atoms with Crippen LogP contribution in [0.25, 0.3) is 0 Å². The van der Waals surface area contributed by atoms with Crippen molar-refractivity contribution >= 4 is 15.9 Å². The van der Waals surface area contributed by atoms with Gasteiger partial charge in [-0.3, -0.25) is 4.79 Å². The molecule has 0 aliphatic heterocycles. The minimum Gasteiger partial charge on any atom is -0.355 e. The summed E-state index contributed by atoms with van der Waals surface area (Å²) in [5.41, 5.74) is 0. The van der Waals surface area contributed by atoms with Crippen molar-refractivity contribution < 1.29 is 22.0 Å². The molecule has 2 N–H and O–H groups in total. The quantitative estimate of drug-likeness (QED) is 0.841. The maximum Gasteiger partial charge on any atom is 0.241 e. The molecule has 0 fully saturated rings. The van der Waals surface area contributed by atoms with Crippen molar-refractivity contribution in [2.24, 2.45) is 0 Å². The minimum atomic E-state index is -4.08. The van der Waals surface area contributed by atoms with Crippen molar-refractivity contribution in [1.29, 1.82) is 0 Å². The standard InChI is InChI=1S/C11H14F2N2O3S/c1-3-14-11(16)7(2)15-19(17,18)8-4-5-9(12)10(13)6-8/h4-7,15H,3H2,1-2H3,(H,14,16)/t7-/m1/s1. The van der Waals surface area contributed by atoms with Crippen LogP contribution in [-0.4, -0.2) is 26.9 Å². The zero-order valence-corrected chi connectivity index (χ0v) is 11.2. The Morgan fingerprint density at radius 3 is 2.47 bits per heavy atom. The van der Waals surface area contributed by atoms with Gasteiger partial charge in [-0.2, -0.15) is 4.72 Å². The van der Waals surface area contributed by atoms with E-state index in [0.717, 1.165) is 6.07 Å². The molecule has 5 nitrogen and oxygen atoms in total. The van der Waals surface area contributed by atoms with Gasteiger partial charge in [-0.05, 0) is 32.0 Å². The summed E-state index contributed by atoms with van der Waals surface area (Å²) >= 11 is 0. The molecule has 0 saturated carbocycles. The second kappa shape index (κ2) is 6.07. The first kappa shape index (κ1) is 15.5. The highest BCUT2D eigenvalue weighted by atomic mass is 32.2. The van der Waals surface area contributed by atoms with Gasteiger partial charge in [0.25, 0.3) is 0 Å². The van der Waals surface area contributed by atoms with E-state index in [2.05, 4.69) is 10.0 Å². The fraction of sp³-hybridized carbons (Fsp3) is 0.364. The highest BCUT2D eigenvalue weighted by molar-refractivity contribution is 7.89. The summed E-state index contributed by atoms with van der Waals surface area (Å²) in [6, 6.07) is 1.17. The first-order chi connectivity index (χ1) is 8.77. The Bertz CT molecular complexity index is 575. The van der Waals surface area contributed by atoms with Crippen LogP contribution in [0.15, 0.2) is 23.1 Å². The fourth-order valence-electron chi connectivity index (χ4n) is 1.33. The summed E-state index contributed by atoms with van der Waals surface area (Å²) in [5.74, 6) is -2.92. The average Bonchev–Trinajstić information content (AvgIpc) is 2.32. The van der Waals surface area contributed by atoms with Crippen LogP contribution >= 0.6 is 0 Å². The lowest BCUT2D eigenvalue weighted by Gasteiger charge is -2.13. The van der Waals surface area contributed by atoms with Gasteiger partial charge in [0.05, 0.1) is 10.9 Å². The molecule has 0 aliphatic rings. The fourth-order valence-corrected chi connectivity index (χ4v) is 2.54. The third-order valence-corrected chi connectivity index (χ3v) is 3.82. The summed E-state index contributed by atoms with van der Waals surface area (Å²) < 4.78 is 51.4. The molecule has 0 spiro atoms. The van der Waals surface area contributed by atoms with E-state index < -0.39 is 38.5 Å². The van der Waals surface area contributed by atoms with Gasteiger partial charge in [0, 0.05) is 6.54 Å². The predicted octanol–water partition coefficient (Wildman–Crippen LogP) is 0.768. The van der Waals surface area contributed by atoms with Crippen molar-refractivity contribution in [2.75, 3.05) is 6.54 Å². The summed E-state index contributed by atoms with van der Waals surface area (Å²) in [6.45, 7) is 3.40. The van der Waals surface area contributed by atoms with E-state index in [4.69, 9.17) is 0 Å². The van der Waals surface area contributed by atoms with Gasteiger partial charge in [-0.15, -0.1) is 0 Å². The first-order valence-corrected chi connectivity index (χ1v) is 7.01. The Hall–Kier alpha value is -1.54. The van der Waals surface area contributed by atoms with Crippen LogP contribution in [0.4, 0.5) is 8.78 Å². The summed E-state index contributed by atoms with van der Waals surface area (Å²) in [7, 11) is -4.08. The molecule has 106 valence electrons. The van der Waals surface area contributed by atoms with Crippen LogP contribution in [0.3, 0.4) is 0 Å². The molecule has 0 unspecified atom stereocenters. The number of likely N-dealkylation sites (N-methyl/N-ethyl adjacent to an activating group) is 1. The lowest BCUT2D eigenvalue weighted by molar-refractivity contribution is -0.122. The first-order valence-electron chi connectivity index (χ1n) is 5.53. The van der Waals surface area contributed by atoms with Crippen LogP contribution in [-0.2, 0) is 14.8 Å². The van der Waals surface area contributed by atoms with Gasteiger partial charge in [0.1, 0.15) is 0 Å². The lowest BCUT2D eigenvalue weighted by atomic mass is 10.3. The second-order valence-electron chi connectivity index (χ2n) is 3.81. The molecule has 0 aliphatic carbocycles. The number of carbonyl (C=O) groups is 1. The van der Waals surface area contributed by atoms with Gasteiger partial charge in [0.2, 0.25) is 15.9 Å². The third kappa shape index (κ3) is 3.97. The van der Waals surface area contributed by atoms with E-state index in [0.29, 0.717) is 18.7 Å². The number of carbonyl (C=O) groups excluding carboxylic acids is 1. The molecule has 8 heteroatoms. The summed E-state index contributed by atoms with van der Waals surface area (Å²) in [6.07, 6.45) is 0. The van der Waals surface area contributed by atoms with Crippen molar-refractivity contribution in [3.05, 3.63) is 29.8 Å². The highest BCUT2D eigenvalue weighted by Crippen LogP contribution is 2.13. The number of amides is 1. The molecule has 0 radical (unpaired) electrons. The number of benzene rings is 1. The number of halogens is 2. The van der Waals surface area contributed by atoms with Gasteiger partial charge in [-0.1, -0.05) is 0 Å². The molecule has 1 amide bonds. The van der Waals surface area contributed by atoms with Crippen LogP contribution in [0.2, 0.25) is 0 Å². The average molecular weight is 292 g/mol. The maximum absolute atomic E-state index is 13.0. The second-order valence-corrected chi connectivity index (χ2v) is 5.53. The molecule has 1 aromatic rings. The number of hydrogen-bond acceptors (Lipinski definition) is 3. The Balaban J connectivity index is 2.92. The molecule has 1 atom stereocenters. The lowest BCUT2D eigenvalue weighted by Crippen LogP contribution is -2.44. The maximum atomic E-state index is 13.0. The zero-order valence-electron chi connectivity index (χ0n) is 10.4. The number of rotatable bonds is 5. The predicted molar refractivity (Wildman–Crippen MR) is 64.8 cm³/mol. The molecule has 19 heavy (non-hydrogen) atoms. The molecular formula is C11H14F2N2O3S. The molecular weight excluding hydrogens is 278 g/mol. The van der Waals surface area contributed by atoms with Gasteiger partial charge in [0.15, 0.2) is 11.6 Å². The van der Waals surface area contributed by atoms with Crippen molar-refractivity contribution in [2.45, 2.75) is 24.8 Å². The topological polar surface area (TPSA) is 75.3 Å². The van der Waals surface area contributed by atoms with Crippen molar-refractivity contribution in [3.8, 4) is 0 Å². The SMILES string of the molecule is CCNC(=O)[C@@H](C)NS(=O)(=O)c1ccc(F)c(F)c1. The monoisotopic (exact) mass is 292 g/mol. The van der Waals surface area contributed by atoms with E-state index in [-0.39, 0.29) is 0 Å². The Morgan fingerprint density at radius 1 is 1.32 bits per heavy atom. The normalized spacial score (nSPS) is 13.1. The van der Waals surface area contributed by atoms with E-state index in [1.807, 2.05) is 0 Å². The smallest absolute Gasteiger partial charge is 0.241 e. The van der Waals surface area contributed by atoms with Gasteiger partial charge < -0.3 is 5.32 Å². The largest absolute Gasteiger partial charge is 0.355 e. The molecule has 0 saturated heterocycles. The minimum absolute atomic E-state index is 0.357. The third-order valence-electron chi connectivity index (χ3n) is 2.28. The Kier molecular flexibility index (Phi) is 4.96. The summed E-state index contributed by atoms with van der Waals surface area (Å²) in [5, 5.41) is 2.44. The Labute approximate surface area is 110 Å². The number of sulfonamides is 1. The van der Waals surface area contributed by atoms with Crippen LogP contribution in [0.1, 0.15) is 13.8 Å². The highest BCUT2D eigenvalue weighted by Gasteiger charge is 2.22. The molecule has 0 bridgehead atoms. The van der Waals surface area contributed by atoms with Crippen molar-refractivity contribution in [3.63, 3.8) is 0 Å². The summed E-state index contributed by atoms with van der Waals surface area (Å²) in [4.78, 5) is 11.0. The van der Waals surface area contributed by atoms with Gasteiger partial charge in [-0.25, -0.2) is 17.2 Å². The Morgan fingerprint density at radius 2 is 1.95 bits per heavy atom.